The van der Waals surface area contributed by atoms with Gasteiger partial charge in [-0.3, -0.25) is 9.78 Å². The Labute approximate surface area is 128 Å². The van der Waals surface area contributed by atoms with Crippen LogP contribution in [-0.2, 0) is 0 Å². The second-order valence-electron chi connectivity index (χ2n) is 5.98. The molecule has 6 heteroatoms. The summed E-state index contributed by atoms with van der Waals surface area (Å²) in [6.45, 7) is 2.50. The van der Waals surface area contributed by atoms with Crippen molar-refractivity contribution in [2.45, 2.75) is 31.9 Å². The number of ether oxygens (including phenoxy) is 1. The predicted octanol–water partition coefficient (Wildman–Crippen LogP) is 2.06. The molecule has 1 saturated carbocycles. The number of likely N-dealkylation sites (tertiary alicyclic amines) is 1. The molecule has 1 aliphatic heterocycles. The lowest BCUT2D eigenvalue weighted by Crippen LogP contribution is -2.43. The van der Waals surface area contributed by atoms with Gasteiger partial charge in [0.1, 0.15) is 23.2 Å². The normalized spacial score (nSPS) is 26.4. The van der Waals surface area contributed by atoms with Gasteiger partial charge in [-0.2, -0.15) is 0 Å². The minimum atomic E-state index is 0.0195. The lowest BCUT2D eigenvalue weighted by Gasteiger charge is -2.31. The van der Waals surface area contributed by atoms with Crippen molar-refractivity contribution in [1.29, 1.82) is 0 Å². The van der Waals surface area contributed by atoms with Gasteiger partial charge >= 0.3 is 0 Å². The van der Waals surface area contributed by atoms with Gasteiger partial charge in [-0.05, 0) is 25.5 Å². The number of piperidine rings is 1. The fourth-order valence-corrected chi connectivity index (χ4v) is 3.55. The summed E-state index contributed by atoms with van der Waals surface area (Å²) in [4.78, 5) is 18.6. The van der Waals surface area contributed by atoms with Gasteiger partial charge in [0.05, 0.1) is 12.4 Å². The molecule has 2 aromatic rings. The highest BCUT2D eigenvalue weighted by Gasteiger charge is 2.48. The van der Waals surface area contributed by atoms with Crippen LogP contribution in [0.25, 0.3) is 0 Å². The summed E-state index contributed by atoms with van der Waals surface area (Å²) in [5, 5.41) is 3.69. The quantitative estimate of drug-likeness (QED) is 0.867. The first-order chi connectivity index (χ1) is 10.7. The number of aryl methyl sites for hydroxylation is 1. The van der Waals surface area contributed by atoms with Crippen molar-refractivity contribution < 1.29 is 14.1 Å². The molecule has 0 N–H and O–H groups in total. The van der Waals surface area contributed by atoms with E-state index in [-0.39, 0.29) is 18.1 Å². The SMILES string of the molecule is Cc1oncc1C(=O)N1CC2CC1C[C@@H]2Oc1cccnc1. The summed E-state index contributed by atoms with van der Waals surface area (Å²) in [7, 11) is 0. The second-order valence-corrected chi connectivity index (χ2v) is 5.98. The van der Waals surface area contributed by atoms with Gasteiger partial charge in [-0.25, -0.2) is 0 Å². The van der Waals surface area contributed by atoms with E-state index < -0.39 is 0 Å². The van der Waals surface area contributed by atoms with E-state index in [9.17, 15) is 4.79 Å². The summed E-state index contributed by atoms with van der Waals surface area (Å²) >= 11 is 0. The van der Waals surface area contributed by atoms with E-state index >= 15 is 0 Å². The Morgan fingerprint density at radius 2 is 2.32 bits per heavy atom. The van der Waals surface area contributed by atoms with Crippen LogP contribution in [0.1, 0.15) is 29.0 Å². The molecule has 0 aromatic carbocycles. The summed E-state index contributed by atoms with van der Waals surface area (Å²) in [6, 6.07) is 4.03. The lowest BCUT2D eigenvalue weighted by atomic mass is 10.1. The molecule has 0 radical (unpaired) electrons. The number of hydrogen-bond acceptors (Lipinski definition) is 5. The number of amides is 1. The van der Waals surface area contributed by atoms with Crippen LogP contribution < -0.4 is 4.74 Å². The Morgan fingerprint density at radius 1 is 1.41 bits per heavy atom. The van der Waals surface area contributed by atoms with E-state index in [2.05, 4.69) is 10.1 Å². The molecule has 3 heterocycles. The highest BCUT2D eigenvalue weighted by atomic mass is 16.5. The predicted molar refractivity (Wildman–Crippen MR) is 77.4 cm³/mol. The van der Waals surface area contributed by atoms with Crippen LogP contribution in [0.2, 0.25) is 0 Å². The number of aromatic nitrogens is 2. The van der Waals surface area contributed by atoms with Crippen molar-refractivity contribution in [2.75, 3.05) is 6.54 Å². The van der Waals surface area contributed by atoms with E-state index in [1.807, 2.05) is 17.0 Å². The average molecular weight is 299 g/mol. The van der Waals surface area contributed by atoms with E-state index in [4.69, 9.17) is 9.26 Å². The van der Waals surface area contributed by atoms with Gasteiger partial charge in [-0.1, -0.05) is 5.16 Å². The zero-order valence-corrected chi connectivity index (χ0v) is 12.3. The Morgan fingerprint density at radius 3 is 2.95 bits per heavy atom. The van der Waals surface area contributed by atoms with E-state index in [0.29, 0.717) is 17.2 Å². The van der Waals surface area contributed by atoms with Crippen LogP contribution in [0.5, 0.6) is 5.75 Å². The largest absolute Gasteiger partial charge is 0.488 e. The Balaban J connectivity index is 1.44. The standard InChI is InChI=1S/C16H17N3O3/c1-10-14(8-18-22-10)16(20)19-9-11-5-12(19)6-15(11)21-13-3-2-4-17-7-13/h2-4,7-8,11-12,15H,5-6,9H2,1H3/t11?,12?,15-/m0/s1. The summed E-state index contributed by atoms with van der Waals surface area (Å²) in [5.74, 6) is 1.78. The molecule has 2 fully saturated rings. The molecule has 1 saturated heterocycles. The van der Waals surface area contributed by atoms with Gasteiger partial charge in [0.2, 0.25) is 0 Å². The fraction of sp³-hybridized carbons (Fsp3) is 0.438. The molecule has 4 rings (SSSR count). The third-order valence-corrected chi connectivity index (χ3v) is 4.64. The third-order valence-electron chi connectivity index (χ3n) is 4.64. The third kappa shape index (κ3) is 2.15. The number of carbonyl (C=O) groups is 1. The molecule has 1 amide bonds. The van der Waals surface area contributed by atoms with Gasteiger partial charge in [-0.15, -0.1) is 0 Å². The number of pyridine rings is 1. The van der Waals surface area contributed by atoms with Gasteiger partial charge < -0.3 is 14.2 Å². The molecular formula is C16H17N3O3. The van der Waals surface area contributed by atoms with Gasteiger partial charge in [0.15, 0.2) is 0 Å². The van der Waals surface area contributed by atoms with Crippen molar-refractivity contribution in [3.05, 3.63) is 42.0 Å². The maximum Gasteiger partial charge on any atom is 0.259 e. The Hall–Kier alpha value is -2.37. The number of carbonyl (C=O) groups excluding carboxylic acids is 1. The molecule has 22 heavy (non-hydrogen) atoms. The number of hydrogen-bond donors (Lipinski definition) is 0. The van der Waals surface area contributed by atoms with Crippen LogP contribution in [0.3, 0.4) is 0 Å². The smallest absolute Gasteiger partial charge is 0.259 e. The summed E-state index contributed by atoms with van der Waals surface area (Å²) in [6.07, 6.45) is 7.01. The molecule has 3 atom stereocenters. The number of rotatable bonds is 3. The molecule has 2 bridgehead atoms. The van der Waals surface area contributed by atoms with Gasteiger partial charge in [0, 0.05) is 31.1 Å². The maximum absolute atomic E-state index is 12.6. The van der Waals surface area contributed by atoms with Crippen molar-refractivity contribution in [2.24, 2.45) is 5.92 Å². The summed E-state index contributed by atoms with van der Waals surface area (Å²) < 4.78 is 11.0. The molecule has 2 unspecified atom stereocenters. The van der Waals surface area contributed by atoms with E-state index in [1.54, 1.807) is 19.3 Å². The van der Waals surface area contributed by atoms with Crippen LogP contribution in [0.4, 0.5) is 0 Å². The van der Waals surface area contributed by atoms with Crippen LogP contribution >= 0.6 is 0 Å². The Bertz CT molecular complexity index is 685. The molecule has 2 aliphatic rings. The topological polar surface area (TPSA) is 68.5 Å². The first kappa shape index (κ1) is 13.3. The van der Waals surface area contributed by atoms with E-state index in [0.717, 1.165) is 25.1 Å². The highest BCUT2D eigenvalue weighted by molar-refractivity contribution is 5.95. The van der Waals surface area contributed by atoms with Crippen LogP contribution in [-0.4, -0.2) is 39.6 Å². The average Bonchev–Trinajstić information content (AvgIpc) is 3.23. The first-order valence-corrected chi connectivity index (χ1v) is 7.51. The second kappa shape index (κ2) is 5.12. The first-order valence-electron chi connectivity index (χ1n) is 7.51. The monoisotopic (exact) mass is 299 g/mol. The number of fused-ring (bicyclic) bond motifs is 2. The molecule has 114 valence electrons. The fourth-order valence-electron chi connectivity index (χ4n) is 3.55. The maximum atomic E-state index is 12.6. The van der Waals surface area contributed by atoms with Crippen molar-refractivity contribution in [1.82, 2.24) is 15.0 Å². The minimum absolute atomic E-state index is 0.0195. The molecule has 6 nitrogen and oxygen atoms in total. The molecule has 0 spiro atoms. The molecule has 1 aliphatic carbocycles. The lowest BCUT2D eigenvalue weighted by molar-refractivity contribution is 0.0570. The summed E-state index contributed by atoms with van der Waals surface area (Å²) in [5.41, 5.74) is 0.567. The Kier molecular flexibility index (Phi) is 3.10. The van der Waals surface area contributed by atoms with Crippen molar-refractivity contribution >= 4 is 5.91 Å². The zero-order valence-electron chi connectivity index (χ0n) is 12.3. The zero-order chi connectivity index (χ0) is 15.1. The van der Waals surface area contributed by atoms with Crippen LogP contribution in [0, 0.1) is 12.8 Å². The van der Waals surface area contributed by atoms with Gasteiger partial charge in [0.25, 0.3) is 5.91 Å². The van der Waals surface area contributed by atoms with E-state index in [1.165, 1.54) is 6.20 Å². The number of nitrogens with zero attached hydrogens (tertiary/aromatic N) is 3. The molecular weight excluding hydrogens is 282 g/mol. The minimum Gasteiger partial charge on any atom is -0.488 e. The highest BCUT2D eigenvalue weighted by Crippen LogP contribution is 2.40. The van der Waals surface area contributed by atoms with Crippen molar-refractivity contribution in [3.8, 4) is 5.75 Å². The van der Waals surface area contributed by atoms with Crippen LogP contribution in [0.15, 0.2) is 35.2 Å². The molecule has 2 aromatic heterocycles. The van der Waals surface area contributed by atoms with Crippen molar-refractivity contribution in [3.63, 3.8) is 0 Å².